The van der Waals surface area contributed by atoms with E-state index in [1.165, 1.54) is 29.4 Å². The Morgan fingerprint density at radius 3 is 1.31 bits per heavy atom. The number of carbonyl (C=O) groups is 2. The summed E-state index contributed by atoms with van der Waals surface area (Å²) < 4.78 is 9.11. The van der Waals surface area contributed by atoms with E-state index in [0.717, 1.165) is 10.7 Å². The molecule has 2 aromatic carbocycles. The standard InChI is InChI=1S/C11H15Br.C8H9Br.C6H11BrO2.C3H5BrO2/c1-11(2,3)10-6-4-9(8-12)5-7-10;1-7-2-4-8(6-9)5-3-7;1-6(2,3)9-5(8)4-7;1-6-3(5)2-4/h4-7H,8H2,1-3H3;2-5H,6H2,1H3;4H2,1-3H3;2H2,1H3. The van der Waals surface area contributed by atoms with E-state index in [1.54, 1.807) is 0 Å². The molecule has 0 aliphatic carbocycles. The predicted molar refractivity (Wildman–Crippen MR) is 167 cm³/mol. The molecular weight excluding hydrogens is 720 g/mol. The van der Waals surface area contributed by atoms with E-state index in [4.69, 9.17) is 4.74 Å². The maximum Gasteiger partial charge on any atom is 0.317 e. The SMILES string of the molecule is CC(C)(C)OC(=O)CBr.CC(C)(C)c1ccc(CBr)cc1.COC(=O)CBr.Cc1ccc(CBr)cc1. The van der Waals surface area contributed by atoms with Gasteiger partial charge in [-0.3, -0.25) is 9.59 Å². The number of hydrogen-bond donors (Lipinski definition) is 0. The maximum absolute atomic E-state index is 10.6. The molecule has 2 aromatic rings. The van der Waals surface area contributed by atoms with Crippen molar-refractivity contribution in [1.29, 1.82) is 0 Å². The lowest BCUT2D eigenvalue weighted by Gasteiger charge is -2.18. The van der Waals surface area contributed by atoms with Gasteiger partial charge in [-0.25, -0.2) is 0 Å². The van der Waals surface area contributed by atoms with Gasteiger partial charge in [0, 0.05) is 10.7 Å². The van der Waals surface area contributed by atoms with Crippen LogP contribution < -0.4 is 0 Å². The number of ether oxygens (including phenoxy) is 2. The molecule has 0 heterocycles. The van der Waals surface area contributed by atoms with E-state index in [9.17, 15) is 9.59 Å². The van der Waals surface area contributed by atoms with Gasteiger partial charge in [-0.2, -0.15) is 0 Å². The summed E-state index contributed by atoms with van der Waals surface area (Å²) >= 11 is 12.7. The van der Waals surface area contributed by atoms with Gasteiger partial charge in [0.2, 0.25) is 0 Å². The minimum atomic E-state index is -0.356. The average molecular weight is 760 g/mol. The van der Waals surface area contributed by atoms with Gasteiger partial charge in [-0.05, 0) is 49.8 Å². The van der Waals surface area contributed by atoms with Gasteiger partial charge in [-0.15, -0.1) is 0 Å². The van der Waals surface area contributed by atoms with Crippen LogP contribution in [0.5, 0.6) is 0 Å². The van der Waals surface area contributed by atoms with Crippen LogP contribution >= 0.6 is 63.7 Å². The van der Waals surface area contributed by atoms with Crippen LogP contribution in [0.1, 0.15) is 63.8 Å². The zero-order valence-electron chi connectivity index (χ0n) is 22.6. The monoisotopic (exact) mass is 756 g/mol. The Morgan fingerprint density at radius 2 is 1.08 bits per heavy atom. The van der Waals surface area contributed by atoms with Gasteiger partial charge in [0.15, 0.2) is 0 Å². The second-order valence-electron chi connectivity index (χ2n) is 9.63. The van der Waals surface area contributed by atoms with E-state index in [1.807, 2.05) is 20.8 Å². The molecule has 2 rings (SSSR count). The Balaban J connectivity index is 0. The normalized spacial score (nSPS) is 10.3. The Bertz CT molecular complexity index is 847. The summed E-state index contributed by atoms with van der Waals surface area (Å²) in [5, 5.41) is 2.44. The van der Waals surface area contributed by atoms with Crippen molar-refractivity contribution in [3.63, 3.8) is 0 Å². The molecule has 204 valence electrons. The first-order valence-corrected chi connectivity index (χ1v) is 15.8. The summed E-state index contributed by atoms with van der Waals surface area (Å²) in [6, 6.07) is 17.3. The van der Waals surface area contributed by atoms with Crippen LogP contribution in [0.25, 0.3) is 0 Å². The van der Waals surface area contributed by atoms with Crippen LogP contribution in [0.3, 0.4) is 0 Å². The first kappa shape index (κ1) is 37.5. The molecule has 0 bridgehead atoms. The van der Waals surface area contributed by atoms with E-state index in [0.29, 0.717) is 0 Å². The molecule has 0 aliphatic rings. The van der Waals surface area contributed by atoms with Gasteiger partial charge in [0.1, 0.15) is 16.3 Å². The Morgan fingerprint density at radius 1 is 0.694 bits per heavy atom. The van der Waals surface area contributed by atoms with Crippen molar-refractivity contribution >= 4 is 75.7 Å². The fraction of sp³-hybridized carbons (Fsp3) is 0.500. The van der Waals surface area contributed by atoms with Gasteiger partial charge in [0.05, 0.1) is 7.11 Å². The Kier molecular flexibility index (Phi) is 21.1. The highest BCUT2D eigenvalue weighted by Crippen LogP contribution is 2.22. The van der Waals surface area contributed by atoms with Gasteiger partial charge in [-0.1, -0.05) is 139 Å². The summed E-state index contributed by atoms with van der Waals surface area (Å²) in [4.78, 5) is 20.5. The highest BCUT2D eigenvalue weighted by Gasteiger charge is 2.14. The molecule has 0 aliphatic heterocycles. The smallest absolute Gasteiger partial charge is 0.317 e. The topological polar surface area (TPSA) is 52.6 Å². The Labute approximate surface area is 251 Å². The second-order valence-corrected chi connectivity index (χ2v) is 11.9. The molecule has 0 atom stereocenters. The molecular formula is C28H40Br4O4. The van der Waals surface area contributed by atoms with Crippen LogP contribution in [0, 0.1) is 6.92 Å². The molecule has 0 saturated carbocycles. The summed E-state index contributed by atoms with van der Waals surface area (Å²) in [6.07, 6.45) is 0. The second kappa shape index (κ2) is 20.3. The predicted octanol–water partition coefficient (Wildman–Crippen LogP) is 9.05. The fourth-order valence-corrected chi connectivity index (χ4v) is 3.29. The summed E-state index contributed by atoms with van der Waals surface area (Å²) in [5.74, 6) is -0.461. The minimum Gasteiger partial charge on any atom is -0.468 e. The lowest BCUT2D eigenvalue weighted by molar-refractivity contribution is -0.151. The number of hydrogen-bond acceptors (Lipinski definition) is 4. The van der Waals surface area contributed by atoms with Gasteiger partial charge < -0.3 is 9.47 Å². The number of aryl methyl sites for hydroxylation is 1. The molecule has 0 N–H and O–H groups in total. The number of halogens is 4. The number of methoxy groups -OCH3 is 1. The lowest BCUT2D eigenvalue weighted by atomic mass is 9.87. The summed E-state index contributed by atoms with van der Waals surface area (Å²) in [6.45, 7) is 14.3. The molecule has 0 fully saturated rings. The molecule has 0 aromatic heterocycles. The lowest BCUT2D eigenvalue weighted by Crippen LogP contribution is -2.24. The zero-order chi connectivity index (χ0) is 28.4. The summed E-state index contributed by atoms with van der Waals surface area (Å²) in [7, 11) is 1.35. The largest absolute Gasteiger partial charge is 0.468 e. The van der Waals surface area contributed by atoms with E-state index in [-0.39, 0.29) is 33.6 Å². The van der Waals surface area contributed by atoms with Crippen LogP contribution in [-0.4, -0.2) is 35.3 Å². The molecule has 36 heavy (non-hydrogen) atoms. The van der Waals surface area contributed by atoms with Crippen LogP contribution in [0.4, 0.5) is 0 Å². The number of alkyl halides is 4. The van der Waals surface area contributed by atoms with Crippen molar-refractivity contribution < 1.29 is 19.1 Å². The van der Waals surface area contributed by atoms with Crippen molar-refractivity contribution in [3.05, 3.63) is 70.8 Å². The van der Waals surface area contributed by atoms with E-state index < -0.39 is 0 Å². The third-order valence-electron chi connectivity index (χ3n) is 4.12. The van der Waals surface area contributed by atoms with Crippen molar-refractivity contribution in [1.82, 2.24) is 0 Å². The first-order chi connectivity index (χ1) is 16.6. The van der Waals surface area contributed by atoms with Crippen LogP contribution in [0.15, 0.2) is 48.5 Å². The molecule has 0 unspecified atom stereocenters. The van der Waals surface area contributed by atoms with E-state index >= 15 is 0 Å². The fourth-order valence-electron chi connectivity index (χ4n) is 2.19. The molecule has 0 spiro atoms. The number of carbonyl (C=O) groups excluding carboxylic acids is 2. The summed E-state index contributed by atoms with van der Waals surface area (Å²) in [5.41, 5.74) is 5.30. The van der Waals surface area contributed by atoms with Gasteiger partial charge in [0.25, 0.3) is 0 Å². The molecule has 0 saturated heterocycles. The highest BCUT2D eigenvalue weighted by atomic mass is 79.9. The molecule has 8 heteroatoms. The van der Waals surface area contributed by atoms with Crippen LogP contribution in [0.2, 0.25) is 0 Å². The van der Waals surface area contributed by atoms with Crippen molar-refractivity contribution in [3.8, 4) is 0 Å². The number of benzene rings is 2. The number of esters is 2. The molecule has 0 amide bonds. The Hall–Kier alpha value is -0.700. The molecule has 0 radical (unpaired) electrons. The van der Waals surface area contributed by atoms with Crippen LogP contribution in [-0.2, 0) is 35.1 Å². The van der Waals surface area contributed by atoms with Gasteiger partial charge >= 0.3 is 11.9 Å². The minimum absolute atomic E-state index is 0.220. The third-order valence-corrected chi connectivity index (χ3v) is 6.33. The van der Waals surface area contributed by atoms with Crippen molar-refractivity contribution in [2.24, 2.45) is 0 Å². The first-order valence-electron chi connectivity index (χ1n) is 11.3. The average Bonchev–Trinajstić information content (AvgIpc) is 2.83. The van der Waals surface area contributed by atoms with E-state index in [2.05, 4.69) is 145 Å². The molecule has 4 nitrogen and oxygen atoms in total. The van der Waals surface area contributed by atoms with Crippen molar-refractivity contribution in [2.75, 3.05) is 17.8 Å². The third kappa shape index (κ3) is 21.4. The zero-order valence-corrected chi connectivity index (χ0v) is 28.9. The maximum atomic E-state index is 10.6. The quantitative estimate of drug-likeness (QED) is 0.231. The van der Waals surface area contributed by atoms with Crippen molar-refractivity contribution in [2.45, 2.75) is 70.1 Å². The highest BCUT2D eigenvalue weighted by molar-refractivity contribution is 9.09. The number of rotatable bonds is 4.